The number of aromatic nitrogens is 5. The van der Waals surface area contributed by atoms with E-state index in [1.54, 1.807) is 0 Å². The third-order valence-electron chi connectivity index (χ3n) is 13.3. The first-order valence-corrected chi connectivity index (χ1v) is 22.0. The molecule has 0 aliphatic carbocycles. The fourth-order valence-corrected chi connectivity index (χ4v) is 11.1. The molecule has 62 heavy (non-hydrogen) atoms. The van der Waals surface area contributed by atoms with Gasteiger partial charge in [0.05, 0.1) is 22.1 Å². The summed E-state index contributed by atoms with van der Waals surface area (Å²) in [4.78, 5) is 15.6. The summed E-state index contributed by atoms with van der Waals surface area (Å²) >= 11 is 1.88. The maximum atomic E-state index is 5.29. The lowest BCUT2D eigenvalue weighted by Crippen LogP contribution is -2.56. The predicted molar refractivity (Wildman–Crippen MR) is 279 cm³/mol. The van der Waals surface area contributed by atoms with E-state index in [-0.39, 0.29) is 0 Å². The Kier molecular flexibility index (Phi) is 8.28. The second kappa shape index (κ2) is 14.0. The first-order chi connectivity index (χ1) is 30.3. The zero-order valence-corrected chi connectivity index (χ0v) is 36.0. The maximum Gasteiger partial charge on any atom is 0.164 e. The highest BCUT2D eigenvalue weighted by Crippen LogP contribution is 2.43. The predicted octanol–water partition coefficient (Wildman–Crippen LogP) is 4.73. The molecule has 0 spiro atoms. The largest absolute Gasteiger partial charge is 0.310 e. The van der Waals surface area contributed by atoms with Gasteiger partial charge in [-0.05, 0) is 54.6 Å². The van der Waals surface area contributed by atoms with Gasteiger partial charge < -0.3 is 9.13 Å². The van der Waals surface area contributed by atoms with E-state index in [4.69, 9.17) is 15.0 Å². The monoisotopic (exact) mass is 805 g/mol. The molecule has 0 atom stereocenters. The van der Waals surface area contributed by atoms with Crippen molar-refractivity contribution in [2.24, 2.45) is 0 Å². The Morgan fingerprint density at radius 3 is 1.66 bits per heavy atom. The smallest absolute Gasteiger partial charge is 0.164 e. The molecule has 12 rings (SSSR count). The highest BCUT2D eigenvalue weighted by atomic mass is 32.1. The van der Waals surface area contributed by atoms with Crippen LogP contribution in [0.2, 0.25) is 0 Å². The molecule has 5 nitrogen and oxygen atoms in total. The lowest BCUT2D eigenvalue weighted by molar-refractivity contribution is 1.07. The van der Waals surface area contributed by atoms with Crippen molar-refractivity contribution in [1.82, 2.24) is 24.1 Å². The van der Waals surface area contributed by atoms with Gasteiger partial charge in [-0.1, -0.05) is 125 Å². The van der Waals surface area contributed by atoms with Crippen molar-refractivity contribution in [3.05, 3.63) is 158 Å². The van der Waals surface area contributed by atoms with Crippen LogP contribution in [0.3, 0.4) is 0 Å². The van der Waals surface area contributed by atoms with Crippen LogP contribution in [0.15, 0.2) is 158 Å². The molecular weight excluding hydrogens is 769 g/mol. The van der Waals surface area contributed by atoms with Crippen molar-refractivity contribution in [1.29, 1.82) is 0 Å². The van der Waals surface area contributed by atoms with E-state index < -0.39 is 0 Å². The molecule has 0 N–H and O–H groups in total. The SMILES string of the molecule is Bc1c(B)c(B)c(-n2c3ccccc3c3cc(-c4nc(-c5ccccc5)nc(-c5cccc(-n6c7ccccc7c7c8sc9ccccc9c8ccc76)c5)n4)ccc32)c(B)c1B. The van der Waals surface area contributed by atoms with Crippen molar-refractivity contribution in [2.75, 3.05) is 0 Å². The first kappa shape index (κ1) is 36.7. The molecule has 11 heteroatoms. The zero-order valence-electron chi connectivity index (χ0n) is 35.2. The van der Waals surface area contributed by atoms with Crippen LogP contribution in [0.5, 0.6) is 0 Å². The highest BCUT2D eigenvalue weighted by Gasteiger charge is 2.22. The quantitative estimate of drug-likeness (QED) is 0.237. The van der Waals surface area contributed by atoms with Gasteiger partial charge in [-0.3, -0.25) is 0 Å². The lowest BCUT2D eigenvalue weighted by atomic mass is 9.61. The van der Waals surface area contributed by atoms with Crippen molar-refractivity contribution in [3.63, 3.8) is 0 Å². The lowest BCUT2D eigenvalue weighted by Gasteiger charge is -2.22. The fraction of sp³-hybridized carbons (Fsp3) is 0. The van der Waals surface area contributed by atoms with E-state index in [1.165, 1.54) is 85.9 Å². The Bertz CT molecular complexity index is 3810. The van der Waals surface area contributed by atoms with E-state index in [1.807, 2.05) is 29.5 Å². The standard InChI is InChI=1S/C51H36B5N5S/c52-42-43(53)45(55)47(46(56)44(42)54)61-36-18-7-4-15-31(36)35-26-29(21-23-38(35)61)51-58-49(27-11-2-1-3-12-27)57-50(59-51)28-13-10-14-30(25-28)60-37-19-8-5-17-34(37)41-39(60)24-22-33-32-16-6-9-20-40(32)62-48(33)41/h1-26H,52-56H2. The van der Waals surface area contributed by atoms with Gasteiger partial charge in [0.1, 0.15) is 39.2 Å². The van der Waals surface area contributed by atoms with Crippen molar-refractivity contribution in [3.8, 4) is 45.5 Å². The molecule has 4 heterocycles. The van der Waals surface area contributed by atoms with Crippen LogP contribution in [0, 0.1) is 0 Å². The molecular formula is C51H36B5N5S. The van der Waals surface area contributed by atoms with E-state index in [0.717, 1.165) is 33.3 Å². The molecule has 0 saturated carbocycles. The summed E-state index contributed by atoms with van der Waals surface area (Å²) in [5.41, 5.74) is 16.5. The first-order valence-electron chi connectivity index (χ1n) is 21.2. The van der Waals surface area contributed by atoms with Crippen LogP contribution in [0.4, 0.5) is 0 Å². The second-order valence-electron chi connectivity index (χ2n) is 16.6. The molecule has 0 amide bonds. The molecule has 0 fully saturated rings. The summed E-state index contributed by atoms with van der Waals surface area (Å²) in [7, 11) is 11.3. The minimum absolute atomic E-state index is 0.628. The van der Waals surface area contributed by atoms with Gasteiger partial charge in [-0.15, -0.1) is 16.8 Å². The molecule has 0 aliphatic rings. The maximum absolute atomic E-state index is 5.29. The van der Waals surface area contributed by atoms with Crippen LogP contribution in [0.1, 0.15) is 0 Å². The van der Waals surface area contributed by atoms with Gasteiger partial charge in [0, 0.05) is 69.8 Å². The van der Waals surface area contributed by atoms with Gasteiger partial charge in [-0.2, -0.15) is 0 Å². The third kappa shape index (κ3) is 5.44. The van der Waals surface area contributed by atoms with Crippen LogP contribution in [0.25, 0.3) is 109 Å². The van der Waals surface area contributed by atoms with Crippen molar-refractivity contribution < 1.29 is 0 Å². The molecule has 0 aliphatic heterocycles. The highest BCUT2D eigenvalue weighted by molar-refractivity contribution is 7.26. The number of nitrogens with zero attached hydrogens (tertiary/aromatic N) is 5. The molecule has 0 unspecified atom stereocenters. The van der Waals surface area contributed by atoms with Gasteiger partial charge in [0.2, 0.25) is 0 Å². The molecule has 8 aromatic carbocycles. The number of hydrogen-bond acceptors (Lipinski definition) is 4. The van der Waals surface area contributed by atoms with Crippen molar-refractivity contribution >= 4 is 142 Å². The van der Waals surface area contributed by atoms with Crippen LogP contribution < -0.4 is 27.3 Å². The summed E-state index contributed by atoms with van der Waals surface area (Å²) < 4.78 is 7.47. The summed E-state index contributed by atoms with van der Waals surface area (Å²) in [5.74, 6) is 1.90. The van der Waals surface area contributed by atoms with Crippen LogP contribution >= 0.6 is 11.3 Å². The van der Waals surface area contributed by atoms with Crippen LogP contribution in [-0.2, 0) is 0 Å². The number of hydrogen-bond donors (Lipinski definition) is 0. The number of benzene rings is 8. The zero-order chi connectivity index (χ0) is 41.8. The van der Waals surface area contributed by atoms with Crippen LogP contribution in [-0.4, -0.2) is 63.3 Å². The Morgan fingerprint density at radius 2 is 0.919 bits per heavy atom. The second-order valence-corrected chi connectivity index (χ2v) is 17.6. The Balaban J connectivity index is 1.05. The average Bonchev–Trinajstić information content (AvgIpc) is 3.98. The van der Waals surface area contributed by atoms with Gasteiger partial charge >= 0.3 is 0 Å². The number of thiophene rings is 1. The van der Waals surface area contributed by atoms with E-state index >= 15 is 0 Å². The molecule has 0 saturated heterocycles. The molecule has 12 aromatic rings. The topological polar surface area (TPSA) is 48.5 Å². The van der Waals surface area contributed by atoms with Gasteiger partial charge in [0.15, 0.2) is 17.5 Å². The fourth-order valence-electron chi connectivity index (χ4n) is 9.82. The molecule has 0 bridgehead atoms. The Labute approximate surface area is 367 Å². The number of fused-ring (bicyclic) bond motifs is 10. The molecule has 4 aromatic heterocycles. The summed E-state index contributed by atoms with van der Waals surface area (Å²) in [6, 6.07) is 56.4. The summed E-state index contributed by atoms with van der Waals surface area (Å²) in [5, 5.41) is 7.50. The van der Waals surface area contributed by atoms with Crippen molar-refractivity contribution in [2.45, 2.75) is 0 Å². The Morgan fingerprint density at radius 1 is 0.371 bits per heavy atom. The van der Waals surface area contributed by atoms with E-state index in [9.17, 15) is 0 Å². The minimum atomic E-state index is 0.628. The van der Waals surface area contributed by atoms with Gasteiger partial charge in [-0.25, -0.2) is 15.0 Å². The van der Waals surface area contributed by atoms with Gasteiger partial charge in [0.25, 0.3) is 0 Å². The summed E-state index contributed by atoms with van der Waals surface area (Å²) in [6.45, 7) is 0. The summed E-state index contributed by atoms with van der Waals surface area (Å²) in [6.07, 6.45) is 0. The Hall–Kier alpha value is -7.09. The number of rotatable bonds is 5. The van der Waals surface area contributed by atoms with E-state index in [2.05, 4.69) is 188 Å². The normalized spacial score (nSPS) is 11.9. The molecule has 286 valence electrons. The third-order valence-corrected chi connectivity index (χ3v) is 14.5. The number of para-hydroxylation sites is 2. The average molecular weight is 805 g/mol. The van der Waals surface area contributed by atoms with E-state index in [0.29, 0.717) is 17.5 Å². The molecule has 0 radical (unpaired) electrons. The minimum Gasteiger partial charge on any atom is -0.310 e.